The molecule has 9 nitrogen and oxygen atoms in total. The number of benzene rings is 1. The maximum atomic E-state index is 13.6. The molecule has 4 atom stereocenters. The Morgan fingerprint density at radius 2 is 1.87 bits per heavy atom. The maximum Gasteiger partial charge on any atom is 0.243 e. The number of aromatic nitrogens is 2. The molecular weight excluding hydrogens is 494 g/mol. The van der Waals surface area contributed by atoms with E-state index in [1.54, 1.807) is 0 Å². The molecule has 1 aromatic carbocycles. The summed E-state index contributed by atoms with van der Waals surface area (Å²) >= 11 is 0. The zero-order chi connectivity index (χ0) is 28.3. The first-order valence-corrected chi connectivity index (χ1v) is 14.4. The second kappa shape index (κ2) is 12.6. The number of rotatable bonds is 9. The Hall–Kier alpha value is -2.75. The fourth-order valence-electron chi connectivity index (χ4n) is 5.90. The first-order chi connectivity index (χ1) is 18.6. The quantitative estimate of drug-likeness (QED) is 0.452. The molecule has 2 saturated heterocycles. The molecule has 3 heterocycles. The van der Waals surface area contributed by atoms with Crippen molar-refractivity contribution in [3.8, 4) is 11.3 Å². The van der Waals surface area contributed by atoms with Crippen LogP contribution in [0.15, 0.2) is 30.5 Å². The van der Waals surface area contributed by atoms with Crippen molar-refractivity contribution in [3.05, 3.63) is 41.6 Å². The van der Waals surface area contributed by atoms with Gasteiger partial charge in [-0.3, -0.25) is 14.3 Å². The van der Waals surface area contributed by atoms with Crippen LogP contribution in [0.2, 0.25) is 0 Å². The zero-order valence-corrected chi connectivity index (χ0v) is 24.0. The smallest absolute Gasteiger partial charge is 0.243 e. The largest absolute Gasteiger partial charge is 0.394 e. The highest BCUT2D eigenvalue weighted by Gasteiger charge is 2.41. The van der Waals surface area contributed by atoms with Gasteiger partial charge < -0.3 is 25.3 Å². The number of hydrogen-bond acceptors (Lipinski definition) is 6. The minimum absolute atomic E-state index is 0.119. The van der Waals surface area contributed by atoms with Crippen LogP contribution in [0.3, 0.4) is 0 Å². The average Bonchev–Trinajstić information content (AvgIpc) is 3.57. The molecule has 2 aliphatic rings. The molecule has 0 aliphatic carbocycles. The minimum atomic E-state index is -0.757. The Morgan fingerprint density at radius 1 is 1.15 bits per heavy atom. The highest BCUT2D eigenvalue weighted by molar-refractivity contribution is 5.89. The lowest BCUT2D eigenvalue weighted by atomic mass is 9.83. The topological polar surface area (TPSA) is 111 Å². The van der Waals surface area contributed by atoms with Crippen LogP contribution in [0.1, 0.15) is 70.0 Å². The van der Waals surface area contributed by atoms with E-state index in [-0.39, 0.29) is 43.2 Å². The van der Waals surface area contributed by atoms with Gasteiger partial charge in [0.2, 0.25) is 11.8 Å². The van der Waals surface area contributed by atoms with Gasteiger partial charge in [-0.2, -0.15) is 5.10 Å². The van der Waals surface area contributed by atoms with Gasteiger partial charge in [0.1, 0.15) is 6.04 Å². The Labute approximate surface area is 232 Å². The molecule has 39 heavy (non-hydrogen) atoms. The van der Waals surface area contributed by atoms with E-state index in [9.17, 15) is 19.8 Å². The number of nitrogens with one attached hydrogen (secondary N) is 1. The third kappa shape index (κ3) is 6.36. The van der Waals surface area contributed by atoms with Gasteiger partial charge in [-0.05, 0) is 75.0 Å². The Kier molecular flexibility index (Phi) is 9.46. The van der Waals surface area contributed by atoms with E-state index >= 15 is 0 Å². The molecule has 0 spiro atoms. The van der Waals surface area contributed by atoms with Crippen molar-refractivity contribution in [2.75, 3.05) is 33.3 Å². The molecule has 2 amide bonds. The van der Waals surface area contributed by atoms with Gasteiger partial charge in [0, 0.05) is 37.2 Å². The third-order valence-corrected chi connectivity index (χ3v) is 8.69. The van der Waals surface area contributed by atoms with Gasteiger partial charge in [-0.25, -0.2) is 0 Å². The van der Waals surface area contributed by atoms with Crippen molar-refractivity contribution in [2.24, 2.45) is 11.8 Å². The Morgan fingerprint density at radius 3 is 2.51 bits per heavy atom. The summed E-state index contributed by atoms with van der Waals surface area (Å²) in [7, 11) is 2.13. The summed E-state index contributed by atoms with van der Waals surface area (Å²) in [6.07, 6.45) is 3.26. The van der Waals surface area contributed by atoms with Crippen LogP contribution in [0.4, 0.5) is 0 Å². The highest BCUT2D eigenvalue weighted by Crippen LogP contribution is 2.36. The zero-order valence-electron chi connectivity index (χ0n) is 24.0. The van der Waals surface area contributed by atoms with Gasteiger partial charge in [-0.15, -0.1) is 0 Å². The number of piperidine rings is 1. The van der Waals surface area contributed by atoms with Gasteiger partial charge in [-0.1, -0.05) is 32.9 Å². The summed E-state index contributed by atoms with van der Waals surface area (Å²) in [5.74, 6) is -0.273. The van der Waals surface area contributed by atoms with Crippen LogP contribution in [-0.4, -0.2) is 87.0 Å². The number of amides is 2. The number of nitrogens with zero attached hydrogens (tertiary/aromatic N) is 4. The number of carbonyl (C=O) groups is 2. The molecule has 4 unspecified atom stereocenters. The lowest BCUT2D eigenvalue weighted by molar-refractivity contribution is -0.142. The number of aliphatic hydroxyl groups is 2. The molecule has 2 aliphatic heterocycles. The maximum absolute atomic E-state index is 13.6. The van der Waals surface area contributed by atoms with Gasteiger partial charge in [0.05, 0.1) is 24.4 Å². The van der Waals surface area contributed by atoms with Crippen molar-refractivity contribution in [1.29, 1.82) is 0 Å². The fourth-order valence-corrected chi connectivity index (χ4v) is 5.90. The second-order valence-electron chi connectivity index (χ2n) is 11.6. The fraction of sp³-hybridized carbons (Fsp3) is 0.633. The first kappa shape index (κ1) is 29.2. The van der Waals surface area contributed by atoms with Gasteiger partial charge in [0.15, 0.2) is 0 Å². The van der Waals surface area contributed by atoms with Crippen LogP contribution < -0.4 is 5.32 Å². The molecule has 0 saturated carbocycles. The van der Waals surface area contributed by atoms with E-state index in [1.165, 1.54) is 4.90 Å². The summed E-state index contributed by atoms with van der Waals surface area (Å²) in [4.78, 5) is 30.5. The van der Waals surface area contributed by atoms with Crippen LogP contribution in [0.25, 0.3) is 11.3 Å². The lowest BCUT2D eigenvalue weighted by Crippen LogP contribution is -2.49. The molecule has 1 aromatic heterocycles. The van der Waals surface area contributed by atoms with Gasteiger partial charge >= 0.3 is 0 Å². The summed E-state index contributed by atoms with van der Waals surface area (Å²) in [5.41, 5.74) is 4.14. The normalized spacial score (nSPS) is 22.3. The van der Waals surface area contributed by atoms with E-state index in [0.29, 0.717) is 5.92 Å². The molecular formula is C30H45N5O4. The predicted octanol–water partition coefficient (Wildman–Crippen LogP) is 2.78. The van der Waals surface area contributed by atoms with Crippen LogP contribution in [-0.2, 0) is 16.1 Å². The molecule has 4 rings (SSSR count). The SMILES string of the molecule is CCn1nccc1-c1ccc(C(CO)NC(=O)C2CC(O)CN2C(=O)C(C)C(C)C)c(C2CCN(C)CC2)c1. The van der Waals surface area contributed by atoms with Crippen LogP contribution >= 0.6 is 0 Å². The second-order valence-corrected chi connectivity index (χ2v) is 11.6. The number of aryl methyl sites for hydroxylation is 1. The number of likely N-dealkylation sites (tertiary alicyclic amines) is 2. The predicted molar refractivity (Wildman–Crippen MR) is 151 cm³/mol. The molecule has 9 heteroatoms. The summed E-state index contributed by atoms with van der Waals surface area (Å²) < 4.78 is 1.97. The Balaban J connectivity index is 1.63. The van der Waals surface area contributed by atoms with Gasteiger partial charge in [0.25, 0.3) is 0 Å². The number of aliphatic hydroxyl groups excluding tert-OH is 2. The summed E-state index contributed by atoms with van der Waals surface area (Å²) in [6, 6.07) is 6.89. The van der Waals surface area contributed by atoms with E-state index in [1.807, 2.05) is 49.8 Å². The van der Waals surface area contributed by atoms with Crippen LogP contribution in [0.5, 0.6) is 0 Å². The molecule has 0 bridgehead atoms. The standard InChI is InChI=1S/C30H45N5O4/c1-6-35-27(9-12-31-35)22-7-8-24(25(15-22)21-10-13-33(5)14-11-21)26(18-36)32-29(38)28-16-23(37)17-34(28)30(39)20(4)19(2)3/h7-9,12,15,19-21,23,26,28,36-37H,6,10-11,13-14,16-18H2,1-5H3,(H,32,38). The molecule has 214 valence electrons. The summed E-state index contributed by atoms with van der Waals surface area (Å²) in [6.45, 7) is 10.5. The van der Waals surface area contributed by atoms with E-state index in [2.05, 4.69) is 35.4 Å². The molecule has 3 N–H and O–H groups in total. The minimum Gasteiger partial charge on any atom is -0.394 e. The van der Waals surface area contributed by atoms with E-state index in [0.717, 1.165) is 54.9 Å². The van der Waals surface area contributed by atoms with Crippen molar-refractivity contribution >= 4 is 11.8 Å². The molecule has 2 aromatic rings. The van der Waals surface area contributed by atoms with E-state index < -0.39 is 18.2 Å². The summed E-state index contributed by atoms with van der Waals surface area (Å²) in [5, 5.41) is 28.3. The average molecular weight is 540 g/mol. The first-order valence-electron chi connectivity index (χ1n) is 14.4. The molecule has 2 fully saturated rings. The van der Waals surface area contributed by atoms with Crippen molar-refractivity contribution < 1.29 is 19.8 Å². The number of carbonyl (C=O) groups excluding carboxylic acids is 2. The van der Waals surface area contributed by atoms with Crippen LogP contribution in [0, 0.1) is 11.8 Å². The highest BCUT2D eigenvalue weighted by atomic mass is 16.3. The van der Waals surface area contributed by atoms with Crippen molar-refractivity contribution in [3.63, 3.8) is 0 Å². The molecule has 0 radical (unpaired) electrons. The van der Waals surface area contributed by atoms with E-state index in [4.69, 9.17) is 0 Å². The lowest BCUT2D eigenvalue weighted by Gasteiger charge is -2.33. The Bertz CT molecular complexity index is 1140. The van der Waals surface area contributed by atoms with Crippen molar-refractivity contribution in [2.45, 2.75) is 77.6 Å². The number of hydrogen-bond donors (Lipinski definition) is 3. The number of β-amino-alcohol motifs (C(OH)–C–C–N with tert-alkyl or cyclic N) is 1. The monoisotopic (exact) mass is 539 g/mol. The van der Waals surface area contributed by atoms with Crippen molar-refractivity contribution in [1.82, 2.24) is 24.9 Å². The third-order valence-electron chi connectivity index (χ3n) is 8.69.